The molecule has 2 N–H and O–H groups in total. The molecule has 1 heterocycles. The number of aromatic amines is 1. The molecule has 4 heteroatoms. The third-order valence-electron chi connectivity index (χ3n) is 3.54. The van der Waals surface area contributed by atoms with Gasteiger partial charge in [0.2, 0.25) is 5.91 Å². The first-order valence-corrected chi connectivity index (χ1v) is 7.18. The van der Waals surface area contributed by atoms with Crippen LogP contribution in [0.25, 0.3) is 6.08 Å². The number of aryl methyl sites for hydroxylation is 3. The van der Waals surface area contributed by atoms with Crippen LogP contribution in [0.3, 0.4) is 0 Å². The molecule has 0 fully saturated rings. The molecule has 22 heavy (non-hydrogen) atoms. The lowest BCUT2D eigenvalue weighted by Crippen LogP contribution is -2.26. The molecule has 2 aromatic rings. The summed E-state index contributed by atoms with van der Waals surface area (Å²) in [5.74, 6) is -0.220. The Morgan fingerprint density at radius 2 is 1.91 bits per heavy atom. The zero-order valence-electron chi connectivity index (χ0n) is 13.1. The Kier molecular flexibility index (Phi) is 4.94. The summed E-state index contributed by atoms with van der Waals surface area (Å²) >= 11 is 0. The SMILES string of the molecule is Cc1cc(C)c(CNC(=O)/C=C/c2ccccc2C)c(=O)[nH]1. The van der Waals surface area contributed by atoms with Crippen molar-refractivity contribution in [2.24, 2.45) is 0 Å². The van der Waals surface area contributed by atoms with Crippen molar-refractivity contribution in [2.45, 2.75) is 27.3 Å². The predicted molar refractivity (Wildman–Crippen MR) is 88.6 cm³/mol. The van der Waals surface area contributed by atoms with Crippen molar-refractivity contribution in [1.29, 1.82) is 0 Å². The molecule has 0 saturated carbocycles. The fraction of sp³-hybridized carbons (Fsp3) is 0.222. The summed E-state index contributed by atoms with van der Waals surface area (Å²) in [5, 5.41) is 2.74. The van der Waals surface area contributed by atoms with Gasteiger partial charge in [-0.25, -0.2) is 0 Å². The van der Waals surface area contributed by atoms with Crippen LogP contribution in [0.5, 0.6) is 0 Å². The molecular weight excluding hydrogens is 276 g/mol. The monoisotopic (exact) mass is 296 g/mol. The molecule has 1 amide bonds. The van der Waals surface area contributed by atoms with Crippen LogP contribution in [-0.4, -0.2) is 10.9 Å². The van der Waals surface area contributed by atoms with E-state index in [2.05, 4.69) is 10.3 Å². The summed E-state index contributed by atoms with van der Waals surface area (Å²) < 4.78 is 0. The molecule has 0 saturated heterocycles. The predicted octanol–water partition coefficient (Wildman–Crippen LogP) is 2.63. The number of hydrogen-bond acceptors (Lipinski definition) is 2. The summed E-state index contributed by atoms with van der Waals surface area (Å²) in [5.41, 5.74) is 4.24. The maximum Gasteiger partial charge on any atom is 0.253 e. The highest BCUT2D eigenvalue weighted by Crippen LogP contribution is 2.08. The lowest BCUT2D eigenvalue weighted by atomic mass is 10.1. The Bertz CT molecular complexity index is 773. The van der Waals surface area contributed by atoms with Gasteiger partial charge in [0.15, 0.2) is 0 Å². The van der Waals surface area contributed by atoms with E-state index in [1.807, 2.05) is 51.1 Å². The fourth-order valence-electron chi connectivity index (χ4n) is 2.27. The van der Waals surface area contributed by atoms with E-state index in [-0.39, 0.29) is 18.0 Å². The number of H-pyrrole nitrogens is 1. The van der Waals surface area contributed by atoms with Crippen LogP contribution >= 0.6 is 0 Å². The number of benzene rings is 1. The number of carbonyl (C=O) groups is 1. The van der Waals surface area contributed by atoms with E-state index >= 15 is 0 Å². The Hall–Kier alpha value is -2.62. The second-order valence-electron chi connectivity index (χ2n) is 5.35. The third-order valence-corrected chi connectivity index (χ3v) is 3.54. The van der Waals surface area contributed by atoms with Crippen LogP contribution in [0, 0.1) is 20.8 Å². The highest BCUT2D eigenvalue weighted by Gasteiger charge is 2.06. The summed E-state index contributed by atoms with van der Waals surface area (Å²) in [6, 6.07) is 9.73. The van der Waals surface area contributed by atoms with Gasteiger partial charge in [0.1, 0.15) is 0 Å². The van der Waals surface area contributed by atoms with Crippen molar-refractivity contribution >= 4 is 12.0 Å². The van der Waals surface area contributed by atoms with Crippen LogP contribution in [-0.2, 0) is 11.3 Å². The topological polar surface area (TPSA) is 62.0 Å². The molecule has 0 aliphatic heterocycles. The number of hydrogen-bond donors (Lipinski definition) is 2. The molecule has 1 aromatic carbocycles. The second-order valence-corrected chi connectivity index (χ2v) is 5.35. The quantitative estimate of drug-likeness (QED) is 0.852. The van der Waals surface area contributed by atoms with Crippen molar-refractivity contribution in [3.05, 3.63) is 74.7 Å². The second kappa shape index (κ2) is 6.89. The van der Waals surface area contributed by atoms with E-state index in [1.165, 1.54) is 6.08 Å². The highest BCUT2D eigenvalue weighted by atomic mass is 16.1. The van der Waals surface area contributed by atoms with Gasteiger partial charge in [-0.15, -0.1) is 0 Å². The summed E-state index contributed by atoms with van der Waals surface area (Å²) in [6.07, 6.45) is 3.26. The Balaban J connectivity index is 2.02. The molecule has 0 aliphatic rings. The average molecular weight is 296 g/mol. The molecule has 0 bridgehead atoms. The van der Waals surface area contributed by atoms with E-state index in [1.54, 1.807) is 6.08 Å². The molecule has 0 radical (unpaired) electrons. The van der Waals surface area contributed by atoms with Crippen LogP contribution < -0.4 is 10.9 Å². The van der Waals surface area contributed by atoms with Crippen LogP contribution in [0.2, 0.25) is 0 Å². The highest BCUT2D eigenvalue weighted by molar-refractivity contribution is 5.91. The fourth-order valence-corrected chi connectivity index (χ4v) is 2.27. The van der Waals surface area contributed by atoms with E-state index in [0.717, 1.165) is 22.4 Å². The minimum absolute atomic E-state index is 0.152. The number of aromatic nitrogens is 1. The van der Waals surface area contributed by atoms with Gasteiger partial charge in [0, 0.05) is 23.9 Å². The van der Waals surface area contributed by atoms with E-state index in [4.69, 9.17) is 0 Å². The molecule has 2 rings (SSSR count). The molecular formula is C18H20N2O2. The third kappa shape index (κ3) is 3.95. The van der Waals surface area contributed by atoms with Gasteiger partial charge in [-0.2, -0.15) is 0 Å². The number of amides is 1. The van der Waals surface area contributed by atoms with Gasteiger partial charge in [-0.1, -0.05) is 24.3 Å². The Morgan fingerprint density at radius 1 is 1.18 bits per heavy atom. The largest absolute Gasteiger partial charge is 0.348 e. The minimum atomic E-state index is -0.220. The maximum atomic E-state index is 11.9. The normalized spacial score (nSPS) is 10.9. The minimum Gasteiger partial charge on any atom is -0.348 e. The molecule has 0 atom stereocenters. The molecule has 0 aliphatic carbocycles. The van der Waals surface area contributed by atoms with Crippen molar-refractivity contribution in [2.75, 3.05) is 0 Å². The number of nitrogens with one attached hydrogen (secondary N) is 2. The molecule has 4 nitrogen and oxygen atoms in total. The molecule has 0 unspecified atom stereocenters. The molecule has 114 valence electrons. The first-order chi connectivity index (χ1) is 10.5. The van der Waals surface area contributed by atoms with Gasteiger partial charge in [0.05, 0.1) is 0 Å². The number of carbonyl (C=O) groups excluding carboxylic acids is 1. The smallest absolute Gasteiger partial charge is 0.253 e. The van der Waals surface area contributed by atoms with Crippen molar-refractivity contribution in [3.63, 3.8) is 0 Å². The maximum absolute atomic E-state index is 11.9. The first-order valence-electron chi connectivity index (χ1n) is 7.18. The lowest BCUT2D eigenvalue weighted by molar-refractivity contribution is -0.116. The van der Waals surface area contributed by atoms with E-state index < -0.39 is 0 Å². The Labute approximate surface area is 129 Å². The van der Waals surface area contributed by atoms with Gasteiger partial charge >= 0.3 is 0 Å². The first kappa shape index (κ1) is 15.8. The Morgan fingerprint density at radius 3 is 2.59 bits per heavy atom. The van der Waals surface area contributed by atoms with E-state index in [0.29, 0.717) is 5.56 Å². The van der Waals surface area contributed by atoms with Crippen molar-refractivity contribution < 1.29 is 4.79 Å². The van der Waals surface area contributed by atoms with Gasteiger partial charge < -0.3 is 10.3 Å². The van der Waals surface area contributed by atoms with Crippen molar-refractivity contribution in [1.82, 2.24) is 10.3 Å². The zero-order chi connectivity index (χ0) is 16.1. The number of rotatable bonds is 4. The standard InChI is InChI=1S/C18H20N2O2/c1-12-6-4-5-7-15(12)8-9-17(21)19-11-16-13(2)10-14(3)20-18(16)22/h4-10H,11H2,1-3H3,(H,19,21)(H,20,22)/b9-8+. The average Bonchev–Trinajstić information content (AvgIpc) is 2.45. The summed E-state index contributed by atoms with van der Waals surface area (Å²) in [7, 11) is 0. The van der Waals surface area contributed by atoms with Crippen LogP contribution in [0.4, 0.5) is 0 Å². The lowest BCUT2D eigenvalue weighted by Gasteiger charge is -2.06. The number of pyridine rings is 1. The van der Waals surface area contributed by atoms with Gasteiger partial charge in [-0.3, -0.25) is 9.59 Å². The zero-order valence-corrected chi connectivity index (χ0v) is 13.1. The van der Waals surface area contributed by atoms with Gasteiger partial charge in [0.25, 0.3) is 5.56 Å². The van der Waals surface area contributed by atoms with Crippen LogP contribution in [0.1, 0.15) is 27.9 Å². The van der Waals surface area contributed by atoms with E-state index in [9.17, 15) is 9.59 Å². The summed E-state index contributed by atoms with van der Waals surface area (Å²) in [6.45, 7) is 5.92. The van der Waals surface area contributed by atoms with Crippen molar-refractivity contribution in [3.8, 4) is 0 Å². The molecule has 1 aromatic heterocycles. The molecule has 0 spiro atoms. The van der Waals surface area contributed by atoms with Gasteiger partial charge in [-0.05, 0) is 49.6 Å². The van der Waals surface area contributed by atoms with Crippen LogP contribution in [0.15, 0.2) is 41.2 Å². The summed E-state index contributed by atoms with van der Waals surface area (Å²) in [4.78, 5) is 26.5.